The van der Waals surface area contributed by atoms with Crippen molar-refractivity contribution in [1.82, 2.24) is 9.80 Å². The van der Waals surface area contributed by atoms with E-state index in [1.165, 1.54) is 0 Å². The lowest BCUT2D eigenvalue weighted by Crippen LogP contribution is -2.37. The summed E-state index contributed by atoms with van der Waals surface area (Å²) in [6.45, 7) is 2.19. The fraction of sp³-hybridized carbons (Fsp3) is 0.286. The van der Waals surface area contributed by atoms with Crippen molar-refractivity contribution in [3.63, 3.8) is 0 Å². The second-order valence-electron chi connectivity index (χ2n) is 6.30. The van der Waals surface area contributed by atoms with Crippen molar-refractivity contribution < 1.29 is 9.59 Å². The van der Waals surface area contributed by atoms with Gasteiger partial charge in [-0.3, -0.25) is 9.59 Å². The highest BCUT2D eigenvalue weighted by atomic mass is 16.2. The molecule has 3 rings (SSSR count). The maximum atomic E-state index is 12.8. The lowest BCUT2D eigenvalue weighted by atomic mass is 10.0. The highest BCUT2D eigenvalue weighted by Crippen LogP contribution is 2.20. The van der Waals surface area contributed by atoms with Gasteiger partial charge in [0.1, 0.15) is 6.42 Å². The van der Waals surface area contributed by atoms with Gasteiger partial charge in [0.25, 0.3) is 5.91 Å². The average Bonchev–Trinajstić information content (AvgIpc) is 2.95. The second-order valence-corrected chi connectivity index (χ2v) is 6.30. The molecule has 1 fully saturated rings. The van der Waals surface area contributed by atoms with Crippen LogP contribution in [0.2, 0.25) is 0 Å². The number of amides is 2. The molecule has 0 spiro atoms. The Bertz CT molecular complexity index is 809. The SMILES string of the molecule is N#CCC(=O)N1CCCN(C(=O)c2ccc(-c3ccccc3)cc2)CC1. The molecule has 0 saturated carbocycles. The Labute approximate surface area is 153 Å². The van der Waals surface area contributed by atoms with Gasteiger partial charge in [0.05, 0.1) is 6.07 Å². The van der Waals surface area contributed by atoms with Gasteiger partial charge in [-0.1, -0.05) is 42.5 Å². The predicted molar refractivity (Wildman–Crippen MR) is 99.2 cm³/mol. The monoisotopic (exact) mass is 347 g/mol. The summed E-state index contributed by atoms with van der Waals surface area (Å²) in [5.74, 6) is -0.173. The molecule has 0 bridgehead atoms. The fourth-order valence-corrected chi connectivity index (χ4v) is 3.17. The first-order valence-electron chi connectivity index (χ1n) is 8.78. The van der Waals surface area contributed by atoms with Gasteiger partial charge < -0.3 is 9.80 Å². The van der Waals surface area contributed by atoms with Crippen LogP contribution in [0.4, 0.5) is 0 Å². The van der Waals surface area contributed by atoms with Crippen LogP contribution in [-0.4, -0.2) is 47.8 Å². The number of nitriles is 1. The van der Waals surface area contributed by atoms with Crippen LogP contribution in [0.3, 0.4) is 0 Å². The van der Waals surface area contributed by atoms with Gasteiger partial charge in [0, 0.05) is 31.7 Å². The molecule has 26 heavy (non-hydrogen) atoms. The van der Waals surface area contributed by atoms with Gasteiger partial charge in [-0.25, -0.2) is 0 Å². The van der Waals surface area contributed by atoms with Crippen LogP contribution >= 0.6 is 0 Å². The molecule has 132 valence electrons. The molecule has 5 heteroatoms. The third-order valence-electron chi connectivity index (χ3n) is 4.61. The summed E-state index contributed by atoms with van der Waals surface area (Å²) in [6.07, 6.45) is 0.625. The summed E-state index contributed by atoms with van der Waals surface area (Å²) in [4.78, 5) is 28.1. The summed E-state index contributed by atoms with van der Waals surface area (Å²) in [5.41, 5.74) is 2.85. The van der Waals surface area contributed by atoms with Gasteiger partial charge >= 0.3 is 0 Å². The Kier molecular flexibility index (Phi) is 5.65. The van der Waals surface area contributed by atoms with Gasteiger partial charge in [-0.15, -0.1) is 0 Å². The zero-order valence-corrected chi connectivity index (χ0v) is 14.6. The van der Waals surface area contributed by atoms with Crippen LogP contribution in [0.1, 0.15) is 23.2 Å². The van der Waals surface area contributed by atoms with E-state index in [-0.39, 0.29) is 18.2 Å². The van der Waals surface area contributed by atoms with Gasteiger partial charge in [-0.2, -0.15) is 5.26 Å². The van der Waals surface area contributed by atoms with Crippen molar-refractivity contribution in [1.29, 1.82) is 5.26 Å². The zero-order valence-electron chi connectivity index (χ0n) is 14.6. The molecule has 1 heterocycles. The number of hydrogen-bond donors (Lipinski definition) is 0. The van der Waals surface area contributed by atoms with E-state index in [9.17, 15) is 9.59 Å². The number of benzene rings is 2. The molecule has 0 unspecified atom stereocenters. The van der Waals surface area contributed by atoms with Crippen molar-refractivity contribution in [3.8, 4) is 17.2 Å². The lowest BCUT2D eigenvalue weighted by molar-refractivity contribution is -0.130. The van der Waals surface area contributed by atoms with E-state index in [4.69, 9.17) is 5.26 Å². The largest absolute Gasteiger partial charge is 0.340 e. The van der Waals surface area contributed by atoms with E-state index in [0.29, 0.717) is 31.7 Å². The normalized spacial score (nSPS) is 14.4. The number of hydrogen-bond acceptors (Lipinski definition) is 3. The average molecular weight is 347 g/mol. The molecule has 5 nitrogen and oxygen atoms in total. The first-order chi connectivity index (χ1) is 12.7. The van der Waals surface area contributed by atoms with Gasteiger partial charge in [-0.05, 0) is 29.7 Å². The smallest absolute Gasteiger partial charge is 0.253 e. The molecule has 1 aliphatic rings. The Balaban J connectivity index is 1.66. The molecular weight excluding hydrogens is 326 g/mol. The maximum absolute atomic E-state index is 12.8. The van der Waals surface area contributed by atoms with Crippen LogP contribution < -0.4 is 0 Å². The number of carbonyl (C=O) groups excluding carboxylic acids is 2. The van der Waals surface area contributed by atoms with E-state index >= 15 is 0 Å². The second kappa shape index (κ2) is 8.30. The van der Waals surface area contributed by atoms with E-state index in [1.807, 2.05) is 60.7 Å². The summed E-state index contributed by atoms with van der Waals surface area (Å²) >= 11 is 0. The molecule has 0 radical (unpaired) electrons. The van der Waals surface area contributed by atoms with Crippen molar-refractivity contribution in [2.24, 2.45) is 0 Å². The first-order valence-corrected chi connectivity index (χ1v) is 8.78. The Morgan fingerprint density at radius 2 is 1.46 bits per heavy atom. The molecule has 0 aromatic heterocycles. The summed E-state index contributed by atoms with van der Waals surface area (Å²) in [6, 6.07) is 19.6. The van der Waals surface area contributed by atoms with Crippen molar-refractivity contribution in [2.75, 3.05) is 26.2 Å². The van der Waals surface area contributed by atoms with E-state index in [0.717, 1.165) is 17.5 Å². The van der Waals surface area contributed by atoms with Crippen molar-refractivity contribution in [2.45, 2.75) is 12.8 Å². The Hall–Kier alpha value is -3.13. The standard InChI is InChI=1S/C21H21N3O2/c22-12-11-20(25)23-13-4-14-24(16-15-23)21(26)19-9-7-18(8-10-19)17-5-2-1-3-6-17/h1-3,5-10H,4,11,13-16H2. The van der Waals surface area contributed by atoms with E-state index in [2.05, 4.69) is 0 Å². The number of nitrogens with zero attached hydrogens (tertiary/aromatic N) is 3. The topological polar surface area (TPSA) is 64.4 Å². The Morgan fingerprint density at radius 1 is 0.846 bits per heavy atom. The quantitative estimate of drug-likeness (QED) is 0.857. The molecule has 1 saturated heterocycles. The van der Waals surface area contributed by atoms with E-state index in [1.54, 1.807) is 9.80 Å². The minimum absolute atomic E-state index is 0.0146. The van der Waals surface area contributed by atoms with Gasteiger partial charge in [0.15, 0.2) is 0 Å². The van der Waals surface area contributed by atoms with Gasteiger partial charge in [0.2, 0.25) is 5.91 Å². The molecule has 0 atom stereocenters. The summed E-state index contributed by atoms with van der Waals surface area (Å²) < 4.78 is 0. The zero-order chi connectivity index (χ0) is 18.4. The minimum atomic E-state index is -0.158. The van der Waals surface area contributed by atoms with Crippen LogP contribution in [-0.2, 0) is 4.79 Å². The minimum Gasteiger partial charge on any atom is -0.340 e. The third-order valence-corrected chi connectivity index (χ3v) is 4.61. The molecule has 2 aromatic carbocycles. The van der Waals surface area contributed by atoms with Crippen LogP contribution in [0.15, 0.2) is 54.6 Å². The predicted octanol–water partition coefficient (Wildman–Crippen LogP) is 2.94. The molecule has 2 aromatic rings. The van der Waals surface area contributed by atoms with Crippen LogP contribution in [0, 0.1) is 11.3 Å². The van der Waals surface area contributed by atoms with Crippen molar-refractivity contribution >= 4 is 11.8 Å². The molecular formula is C21H21N3O2. The highest BCUT2D eigenvalue weighted by molar-refractivity contribution is 5.94. The lowest BCUT2D eigenvalue weighted by Gasteiger charge is -2.22. The van der Waals surface area contributed by atoms with Crippen LogP contribution in [0.5, 0.6) is 0 Å². The highest BCUT2D eigenvalue weighted by Gasteiger charge is 2.22. The number of carbonyl (C=O) groups is 2. The molecule has 1 aliphatic heterocycles. The maximum Gasteiger partial charge on any atom is 0.253 e. The van der Waals surface area contributed by atoms with Crippen LogP contribution in [0.25, 0.3) is 11.1 Å². The number of rotatable bonds is 3. The fourth-order valence-electron chi connectivity index (χ4n) is 3.17. The first kappa shape index (κ1) is 17.7. The van der Waals surface area contributed by atoms with Crippen molar-refractivity contribution in [3.05, 3.63) is 60.2 Å². The Morgan fingerprint density at radius 3 is 2.15 bits per heavy atom. The molecule has 2 amide bonds. The summed E-state index contributed by atoms with van der Waals surface area (Å²) in [7, 11) is 0. The molecule has 0 N–H and O–H groups in total. The third kappa shape index (κ3) is 4.09. The summed E-state index contributed by atoms with van der Waals surface area (Å²) in [5, 5.41) is 8.67. The molecule has 0 aliphatic carbocycles. The van der Waals surface area contributed by atoms with E-state index < -0.39 is 0 Å².